The van der Waals surface area contributed by atoms with Crippen molar-refractivity contribution in [1.82, 2.24) is 15.1 Å². The van der Waals surface area contributed by atoms with Gasteiger partial charge in [0.2, 0.25) is 0 Å². The average Bonchev–Trinajstić information content (AvgIpc) is 2.88. The summed E-state index contributed by atoms with van der Waals surface area (Å²) in [4.78, 5) is 15.1. The number of carbonyl (C=O) groups is 1. The lowest BCUT2D eigenvalue weighted by Crippen LogP contribution is -2.58. The third-order valence-electron chi connectivity index (χ3n) is 4.83. The van der Waals surface area contributed by atoms with E-state index in [0.717, 1.165) is 29.8 Å². The summed E-state index contributed by atoms with van der Waals surface area (Å²) in [6.45, 7) is 10.8. The lowest BCUT2D eigenvalue weighted by Gasteiger charge is -2.47. The van der Waals surface area contributed by atoms with Crippen molar-refractivity contribution >= 4 is 5.91 Å². The number of morpholine rings is 1. The van der Waals surface area contributed by atoms with Crippen LogP contribution in [0.5, 0.6) is 0 Å². The van der Waals surface area contributed by atoms with Crippen molar-refractivity contribution in [2.75, 3.05) is 26.3 Å². The Bertz CT molecular complexity index is 576. The molecule has 6 nitrogen and oxygen atoms in total. The summed E-state index contributed by atoms with van der Waals surface area (Å²) >= 11 is 0. The van der Waals surface area contributed by atoms with Gasteiger partial charge in [-0.05, 0) is 19.8 Å². The van der Waals surface area contributed by atoms with E-state index in [4.69, 9.17) is 9.47 Å². The predicted octanol–water partition coefficient (Wildman–Crippen LogP) is 2.25. The Morgan fingerprint density at radius 3 is 2.74 bits per heavy atom. The number of nitrogens with zero attached hydrogens (tertiary/aromatic N) is 2. The van der Waals surface area contributed by atoms with E-state index in [1.54, 1.807) is 0 Å². The van der Waals surface area contributed by atoms with Gasteiger partial charge in [0.1, 0.15) is 0 Å². The second kappa shape index (κ2) is 6.24. The van der Waals surface area contributed by atoms with Crippen molar-refractivity contribution < 1.29 is 14.3 Å². The number of hydrogen-bond acceptors (Lipinski definition) is 4. The van der Waals surface area contributed by atoms with Crippen LogP contribution in [0.1, 0.15) is 61.3 Å². The van der Waals surface area contributed by atoms with Gasteiger partial charge in [0.05, 0.1) is 29.5 Å². The Kier molecular flexibility index (Phi) is 4.47. The maximum Gasteiger partial charge on any atom is 0.257 e. The van der Waals surface area contributed by atoms with E-state index < -0.39 is 0 Å². The van der Waals surface area contributed by atoms with Gasteiger partial charge in [-0.15, -0.1) is 0 Å². The van der Waals surface area contributed by atoms with Gasteiger partial charge in [-0.25, -0.2) is 0 Å². The van der Waals surface area contributed by atoms with E-state index in [9.17, 15) is 4.79 Å². The maximum atomic E-state index is 13.2. The summed E-state index contributed by atoms with van der Waals surface area (Å²) in [5, 5.41) is 7.30. The van der Waals surface area contributed by atoms with Gasteiger partial charge < -0.3 is 14.4 Å². The van der Waals surface area contributed by atoms with Crippen molar-refractivity contribution in [3.8, 4) is 0 Å². The van der Waals surface area contributed by atoms with Crippen LogP contribution >= 0.6 is 0 Å². The van der Waals surface area contributed by atoms with Gasteiger partial charge in [-0.1, -0.05) is 13.8 Å². The summed E-state index contributed by atoms with van der Waals surface area (Å²) in [5.41, 5.74) is 2.18. The highest BCUT2D eigenvalue weighted by atomic mass is 16.5. The fourth-order valence-corrected chi connectivity index (χ4v) is 3.69. The van der Waals surface area contributed by atoms with Crippen LogP contribution in [0.3, 0.4) is 0 Å². The maximum absolute atomic E-state index is 13.2. The van der Waals surface area contributed by atoms with Crippen molar-refractivity contribution in [2.45, 2.75) is 58.2 Å². The van der Waals surface area contributed by atoms with Crippen molar-refractivity contribution in [2.24, 2.45) is 0 Å². The van der Waals surface area contributed by atoms with Crippen LogP contribution in [-0.4, -0.2) is 59.0 Å². The van der Waals surface area contributed by atoms with Gasteiger partial charge >= 0.3 is 0 Å². The Morgan fingerprint density at radius 1 is 1.39 bits per heavy atom. The number of amides is 1. The summed E-state index contributed by atoms with van der Waals surface area (Å²) in [6, 6.07) is 0. The molecule has 3 rings (SSSR count). The molecule has 0 aromatic carbocycles. The van der Waals surface area contributed by atoms with Crippen LogP contribution < -0.4 is 0 Å². The fraction of sp³-hybridized carbons (Fsp3) is 0.765. The third kappa shape index (κ3) is 3.15. The zero-order chi connectivity index (χ0) is 16.6. The molecule has 1 amide bonds. The van der Waals surface area contributed by atoms with Gasteiger partial charge in [-0.2, -0.15) is 5.10 Å². The van der Waals surface area contributed by atoms with Crippen LogP contribution in [0.2, 0.25) is 0 Å². The van der Waals surface area contributed by atoms with E-state index in [1.165, 1.54) is 0 Å². The molecule has 1 aromatic rings. The highest BCUT2D eigenvalue weighted by Crippen LogP contribution is 2.33. The van der Waals surface area contributed by atoms with Gasteiger partial charge in [-0.3, -0.25) is 9.89 Å². The number of aromatic nitrogens is 2. The lowest BCUT2D eigenvalue weighted by atomic mass is 9.90. The largest absolute Gasteiger partial charge is 0.381 e. The predicted molar refractivity (Wildman–Crippen MR) is 86.6 cm³/mol. The van der Waals surface area contributed by atoms with Crippen molar-refractivity contribution in [1.29, 1.82) is 0 Å². The Hall–Kier alpha value is -1.40. The third-order valence-corrected chi connectivity index (χ3v) is 4.83. The first-order chi connectivity index (χ1) is 10.9. The molecular weight excluding hydrogens is 294 g/mol. The van der Waals surface area contributed by atoms with E-state index in [1.807, 2.05) is 18.7 Å². The molecular formula is C17H27N3O3. The topological polar surface area (TPSA) is 67.5 Å². The minimum Gasteiger partial charge on any atom is -0.381 e. The normalized spacial score (nSPS) is 24.4. The Labute approximate surface area is 137 Å². The SMILES string of the molecule is Cc1[nH]nc(C(C)C)c1C(=O)N1CC(C)OC2(CCOCC2)C1. The smallest absolute Gasteiger partial charge is 0.257 e. The van der Waals surface area contributed by atoms with Crippen LogP contribution in [0.25, 0.3) is 0 Å². The Morgan fingerprint density at radius 2 is 2.09 bits per heavy atom. The van der Waals surface area contributed by atoms with E-state index in [0.29, 0.717) is 26.3 Å². The summed E-state index contributed by atoms with van der Waals surface area (Å²) in [5.74, 6) is 0.287. The second-order valence-electron chi connectivity index (χ2n) is 7.17. The first kappa shape index (κ1) is 16.5. The molecule has 1 unspecified atom stereocenters. The van der Waals surface area contributed by atoms with E-state index in [-0.39, 0.29) is 23.5 Å². The number of aryl methyl sites for hydroxylation is 1. The zero-order valence-corrected chi connectivity index (χ0v) is 14.5. The number of hydrogen-bond donors (Lipinski definition) is 1. The highest BCUT2D eigenvalue weighted by molar-refractivity contribution is 5.96. The molecule has 2 aliphatic rings. The first-order valence-corrected chi connectivity index (χ1v) is 8.51. The number of aromatic amines is 1. The minimum atomic E-state index is -0.249. The number of carbonyl (C=O) groups excluding carboxylic acids is 1. The number of H-pyrrole nitrogens is 1. The molecule has 1 atom stereocenters. The van der Waals surface area contributed by atoms with Crippen LogP contribution in [-0.2, 0) is 9.47 Å². The molecule has 6 heteroatoms. The molecule has 0 aliphatic carbocycles. The molecule has 0 radical (unpaired) electrons. The minimum absolute atomic E-state index is 0.0421. The molecule has 128 valence electrons. The summed E-state index contributed by atoms with van der Waals surface area (Å²) in [7, 11) is 0. The molecule has 3 heterocycles. The van der Waals surface area contributed by atoms with Crippen LogP contribution in [0, 0.1) is 6.92 Å². The van der Waals surface area contributed by atoms with Gasteiger partial charge in [0, 0.05) is 38.3 Å². The molecule has 2 saturated heterocycles. The molecule has 2 aliphatic heterocycles. The van der Waals surface area contributed by atoms with Crippen molar-refractivity contribution in [3.05, 3.63) is 17.0 Å². The average molecular weight is 321 g/mol. The molecule has 1 spiro atoms. The first-order valence-electron chi connectivity index (χ1n) is 8.51. The van der Waals surface area contributed by atoms with Crippen LogP contribution in [0.4, 0.5) is 0 Å². The molecule has 23 heavy (non-hydrogen) atoms. The quantitative estimate of drug-likeness (QED) is 0.907. The summed E-state index contributed by atoms with van der Waals surface area (Å²) in [6.07, 6.45) is 1.74. The number of nitrogens with one attached hydrogen (secondary N) is 1. The fourth-order valence-electron chi connectivity index (χ4n) is 3.69. The standard InChI is InChI=1S/C17H27N3O3/c1-11(2)15-14(13(4)18-19-15)16(21)20-9-12(3)23-17(10-20)5-7-22-8-6-17/h11-12H,5-10H2,1-4H3,(H,18,19). The lowest BCUT2D eigenvalue weighted by molar-refractivity contribution is -0.176. The molecule has 1 aromatic heterocycles. The molecule has 1 N–H and O–H groups in total. The second-order valence-corrected chi connectivity index (χ2v) is 7.17. The van der Waals surface area contributed by atoms with Gasteiger partial charge in [0.15, 0.2) is 0 Å². The molecule has 2 fully saturated rings. The highest BCUT2D eigenvalue weighted by Gasteiger charge is 2.43. The molecule has 0 saturated carbocycles. The number of rotatable bonds is 2. The van der Waals surface area contributed by atoms with E-state index >= 15 is 0 Å². The van der Waals surface area contributed by atoms with E-state index in [2.05, 4.69) is 24.0 Å². The van der Waals surface area contributed by atoms with Crippen molar-refractivity contribution in [3.63, 3.8) is 0 Å². The monoisotopic (exact) mass is 321 g/mol. The Balaban J connectivity index is 1.85. The molecule has 0 bridgehead atoms. The summed E-state index contributed by atoms with van der Waals surface area (Å²) < 4.78 is 11.7. The zero-order valence-electron chi connectivity index (χ0n) is 14.5. The number of ether oxygens (including phenoxy) is 2. The van der Waals surface area contributed by atoms with Crippen LogP contribution in [0.15, 0.2) is 0 Å². The van der Waals surface area contributed by atoms with Gasteiger partial charge in [0.25, 0.3) is 5.91 Å².